The van der Waals surface area contributed by atoms with Crippen molar-refractivity contribution in [3.63, 3.8) is 0 Å². The van der Waals surface area contributed by atoms with Crippen molar-refractivity contribution in [2.24, 2.45) is 0 Å². The number of benzene rings is 10. The molecule has 0 fully saturated rings. The highest BCUT2D eigenvalue weighted by Crippen LogP contribution is 2.48. The van der Waals surface area contributed by atoms with Crippen molar-refractivity contribution in [3.05, 3.63) is 249 Å². The number of anilines is 3. The summed E-state index contributed by atoms with van der Waals surface area (Å²) in [5, 5.41) is 2.19. The highest BCUT2D eigenvalue weighted by molar-refractivity contribution is 6.11. The third kappa shape index (κ3) is 6.84. The first kappa shape index (κ1) is 36.8. The summed E-state index contributed by atoms with van der Waals surface area (Å²) < 4.78 is 6.77. The highest BCUT2D eigenvalue weighted by Gasteiger charge is 2.24. The lowest BCUT2D eigenvalue weighted by Gasteiger charge is -2.28. The summed E-state index contributed by atoms with van der Waals surface area (Å²) in [6.45, 7) is 0. The van der Waals surface area contributed by atoms with E-state index < -0.39 is 0 Å². The zero-order valence-corrected chi connectivity index (χ0v) is 34.0. The maximum atomic E-state index is 6.77. The van der Waals surface area contributed by atoms with Crippen molar-refractivity contribution >= 4 is 39.0 Å². The minimum atomic E-state index is 0.847. The van der Waals surface area contributed by atoms with E-state index in [1.165, 1.54) is 44.5 Å². The molecular formula is C60H41NO. The van der Waals surface area contributed by atoms with Crippen LogP contribution in [0, 0.1) is 0 Å². The van der Waals surface area contributed by atoms with Gasteiger partial charge in [-0.3, -0.25) is 0 Å². The molecule has 0 aliphatic carbocycles. The summed E-state index contributed by atoms with van der Waals surface area (Å²) in [5.41, 5.74) is 18.8. The van der Waals surface area contributed by atoms with Crippen molar-refractivity contribution in [1.82, 2.24) is 0 Å². The van der Waals surface area contributed by atoms with Crippen molar-refractivity contribution < 1.29 is 4.42 Å². The van der Waals surface area contributed by atoms with Crippen LogP contribution in [0.1, 0.15) is 0 Å². The molecule has 292 valence electrons. The minimum Gasteiger partial charge on any atom is -0.454 e. The maximum absolute atomic E-state index is 6.77. The molecule has 0 N–H and O–H groups in total. The second-order valence-electron chi connectivity index (χ2n) is 15.6. The molecule has 0 spiro atoms. The van der Waals surface area contributed by atoms with Gasteiger partial charge in [-0.05, 0) is 97.6 Å². The number of nitrogens with zero attached hydrogens (tertiary/aromatic N) is 1. The van der Waals surface area contributed by atoms with Gasteiger partial charge in [-0.15, -0.1) is 0 Å². The summed E-state index contributed by atoms with van der Waals surface area (Å²) >= 11 is 0. The van der Waals surface area contributed by atoms with E-state index in [9.17, 15) is 0 Å². The molecule has 62 heavy (non-hydrogen) atoms. The lowest BCUT2D eigenvalue weighted by Crippen LogP contribution is -2.11. The normalized spacial score (nSPS) is 11.2. The molecule has 0 amide bonds. The molecule has 0 aliphatic heterocycles. The summed E-state index contributed by atoms with van der Waals surface area (Å²) in [4.78, 5) is 2.37. The van der Waals surface area contributed by atoms with E-state index in [0.29, 0.717) is 0 Å². The Balaban J connectivity index is 1.09. The van der Waals surface area contributed by atoms with Crippen LogP contribution in [0.5, 0.6) is 0 Å². The van der Waals surface area contributed by atoms with E-state index in [2.05, 4.69) is 248 Å². The topological polar surface area (TPSA) is 16.4 Å². The lowest BCUT2D eigenvalue weighted by molar-refractivity contribution is 0.669. The molecule has 0 saturated heterocycles. The van der Waals surface area contributed by atoms with Gasteiger partial charge >= 0.3 is 0 Å². The zero-order valence-electron chi connectivity index (χ0n) is 34.0. The predicted molar refractivity (Wildman–Crippen MR) is 261 cm³/mol. The number of furan rings is 1. The molecule has 1 heterocycles. The van der Waals surface area contributed by atoms with Gasteiger partial charge in [0.15, 0.2) is 5.58 Å². The number of para-hydroxylation sites is 3. The van der Waals surface area contributed by atoms with E-state index in [1.54, 1.807) is 0 Å². The Hall–Kier alpha value is -8.20. The fourth-order valence-electron chi connectivity index (χ4n) is 8.90. The molecule has 0 atom stereocenters. The van der Waals surface area contributed by atoms with Gasteiger partial charge in [0.2, 0.25) is 0 Å². The number of rotatable bonds is 9. The van der Waals surface area contributed by atoms with Crippen LogP contribution in [0.3, 0.4) is 0 Å². The van der Waals surface area contributed by atoms with Gasteiger partial charge in [0.25, 0.3) is 0 Å². The average Bonchev–Trinajstić information content (AvgIpc) is 3.75. The van der Waals surface area contributed by atoms with Crippen LogP contribution in [0.2, 0.25) is 0 Å². The van der Waals surface area contributed by atoms with Gasteiger partial charge in [-0.2, -0.15) is 0 Å². The maximum Gasteiger partial charge on any atom is 0.159 e. The molecule has 0 radical (unpaired) electrons. The van der Waals surface area contributed by atoms with Crippen molar-refractivity contribution in [3.8, 4) is 66.8 Å². The molecule has 2 heteroatoms. The minimum absolute atomic E-state index is 0.847. The van der Waals surface area contributed by atoms with Crippen LogP contribution in [0.25, 0.3) is 88.7 Å². The van der Waals surface area contributed by atoms with E-state index in [-0.39, 0.29) is 0 Å². The quantitative estimate of drug-likeness (QED) is 0.145. The Bertz CT molecular complexity index is 3310. The van der Waals surface area contributed by atoms with E-state index in [4.69, 9.17) is 4.42 Å². The SMILES string of the molecule is c1ccc(-c2ccc(-c3ccc(N(c4ccccc4-c4ccccc4-c4cc(-c5ccccc5)ccc4-c4ccccc4)c4cccc5c4oc4ccccc45)cc3)cc2)cc1. The molecule has 11 rings (SSSR count). The molecule has 11 aromatic rings. The van der Waals surface area contributed by atoms with E-state index >= 15 is 0 Å². The molecule has 0 saturated carbocycles. The molecule has 0 bridgehead atoms. The van der Waals surface area contributed by atoms with Crippen LogP contribution in [-0.2, 0) is 0 Å². The summed E-state index contributed by atoms with van der Waals surface area (Å²) in [6.07, 6.45) is 0. The van der Waals surface area contributed by atoms with Gasteiger partial charge in [-0.1, -0.05) is 212 Å². The lowest BCUT2D eigenvalue weighted by atomic mass is 9.87. The first-order chi connectivity index (χ1) is 30.8. The van der Waals surface area contributed by atoms with Gasteiger partial charge in [0, 0.05) is 22.0 Å². The second-order valence-corrected chi connectivity index (χ2v) is 15.6. The first-order valence-corrected chi connectivity index (χ1v) is 21.2. The van der Waals surface area contributed by atoms with Crippen LogP contribution < -0.4 is 4.90 Å². The Kier molecular flexibility index (Phi) is 9.57. The van der Waals surface area contributed by atoms with Gasteiger partial charge in [0.1, 0.15) is 5.58 Å². The van der Waals surface area contributed by atoms with Gasteiger partial charge < -0.3 is 9.32 Å². The largest absolute Gasteiger partial charge is 0.454 e. The summed E-state index contributed by atoms with van der Waals surface area (Å²) in [6, 6.07) is 89.0. The predicted octanol–water partition coefficient (Wildman–Crippen LogP) is 17.1. The number of hydrogen-bond donors (Lipinski definition) is 0. The van der Waals surface area contributed by atoms with Gasteiger partial charge in [0.05, 0.1) is 11.4 Å². The molecule has 0 unspecified atom stereocenters. The van der Waals surface area contributed by atoms with Crippen molar-refractivity contribution in [1.29, 1.82) is 0 Å². The molecule has 0 aliphatic rings. The van der Waals surface area contributed by atoms with Gasteiger partial charge in [-0.25, -0.2) is 0 Å². The Labute approximate surface area is 362 Å². The molecule has 10 aromatic carbocycles. The average molecular weight is 792 g/mol. The second kappa shape index (κ2) is 16.1. The Morgan fingerprint density at radius 3 is 1.37 bits per heavy atom. The summed E-state index contributed by atoms with van der Waals surface area (Å²) in [5.74, 6) is 0. The van der Waals surface area contributed by atoms with Crippen molar-refractivity contribution in [2.45, 2.75) is 0 Å². The van der Waals surface area contributed by atoms with Crippen LogP contribution in [-0.4, -0.2) is 0 Å². The third-order valence-electron chi connectivity index (χ3n) is 11.9. The zero-order chi connectivity index (χ0) is 41.2. The van der Waals surface area contributed by atoms with Crippen LogP contribution >= 0.6 is 0 Å². The number of fused-ring (bicyclic) bond motifs is 3. The van der Waals surface area contributed by atoms with Crippen LogP contribution in [0.4, 0.5) is 17.1 Å². The third-order valence-corrected chi connectivity index (χ3v) is 11.9. The number of hydrogen-bond acceptors (Lipinski definition) is 2. The van der Waals surface area contributed by atoms with E-state index in [0.717, 1.165) is 61.3 Å². The molecule has 2 nitrogen and oxygen atoms in total. The molecular weight excluding hydrogens is 751 g/mol. The fourth-order valence-corrected chi connectivity index (χ4v) is 8.90. The summed E-state index contributed by atoms with van der Waals surface area (Å²) in [7, 11) is 0. The van der Waals surface area contributed by atoms with E-state index in [1.807, 2.05) is 6.07 Å². The fraction of sp³-hybridized carbons (Fsp3) is 0. The monoisotopic (exact) mass is 791 g/mol. The Morgan fingerprint density at radius 2 is 0.710 bits per heavy atom. The Morgan fingerprint density at radius 1 is 0.258 bits per heavy atom. The van der Waals surface area contributed by atoms with Crippen molar-refractivity contribution in [2.75, 3.05) is 4.90 Å². The standard InChI is InChI=1S/C60H41NO/c1-4-17-42(18-5-1)44-31-33-45(34-32-44)46-35-38-49(39-36-46)61(58-29-16-27-55-54-26-13-15-30-59(54)62-60(55)58)57-28-14-12-25-53(57)51-23-10-11-24-52(51)56-41-48(43-19-6-2-7-20-43)37-40-50(56)47-21-8-3-9-22-47/h1-41H. The first-order valence-electron chi connectivity index (χ1n) is 21.2. The highest BCUT2D eigenvalue weighted by atomic mass is 16.3. The molecule has 1 aromatic heterocycles. The van der Waals surface area contributed by atoms with Crippen LogP contribution in [0.15, 0.2) is 253 Å². The smallest absolute Gasteiger partial charge is 0.159 e.